The summed E-state index contributed by atoms with van der Waals surface area (Å²) in [6.07, 6.45) is 0.460. The van der Waals surface area contributed by atoms with Crippen molar-refractivity contribution in [2.75, 3.05) is 11.9 Å². The Bertz CT molecular complexity index is 1720. The summed E-state index contributed by atoms with van der Waals surface area (Å²) < 4.78 is 39.3. The molecule has 0 fully saturated rings. The van der Waals surface area contributed by atoms with E-state index in [1.807, 2.05) is 0 Å². The number of halogens is 2. The molecule has 12 heteroatoms. The maximum Gasteiger partial charge on any atom is 0.296 e. The van der Waals surface area contributed by atoms with Crippen LogP contribution in [0.3, 0.4) is 0 Å². The number of aromatic hydroxyl groups is 1. The van der Waals surface area contributed by atoms with Crippen LogP contribution >= 0.6 is 23.2 Å². The molecule has 0 aliphatic carbocycles. The van der Waals surface area contributed by atoms with E-state index < -0.39 is 26.7 Å². The minimum absolute atomic E-state index is 0.0590. The van der Waals surface area contributed by atoms with Crippen molar-refractivity contribution in [3.63, 3.8) is 0 Å². The van der Waals surface area contributed by atoms with Gasteiger partial charge in [0.2, 0.25) is 0 Å². The number of phenols is 1. The number of amides is 1. The lowest BCUT2D eigenvalue weighted by molar-refractivity contribution is 0.102. The van der Waals surface area contributed by atoms with Gasteiger partial charge in [0.05, 0.1) is 22.2 Å². The van der Waals surface area contributed by atoms with Gasteiger partial charge >= 0.3 is 0 Å². The summed E-state index contributed by atoms with van der Waals surface area (Å²) in [6, 6.07) is 15.8. The number of nitrogens with zero attached hydrogens (tertiary/aromatic N) is 2. The molecule has 1 amide bonds. The molecule has 0 aliphatic rings. The number of aryl methyl sites for hydroxylation is 1. The van der Waals surface area contributed by atoms with Crippen molar-refractivity contribution >= 4 is 67.1 Å². The number of anilines is 1. The van der Waals surface area contributed by atoms with Crippen molar-refractivity contribution in [3.05, 3.63) is 81.8 Å². The number of fused-ring (bicyclic) bond motifs is 1. The Morgan fingerprint density at radius 1 is 0.974 bits per heavy atom. The van der Waals surface area contributed by atoms with Crippen molar-refractivity contribution in [2.45, 2.75) is 25.2 Å². The molecule has 0 radical (unpaired) electrons. The molecule has 202 valence electrons. The Hall–Kier alpha value is -3.70. The zero-order chi connectivity index (χ0) is 28.3. The van der Waals surface area contributed by atoms with Crippen LogP contribution in [0.1, 0.15) is 29.8 Å². The molecule has 0 saturated carbocycles. The van der Waals surface area contributed by atoms with Gasteiger partial charge in [-0.25, -0.2) is 0 Å². The van der Waals surface area contributed by atoms with Crippen LogP contribution in [-0.2, 0) is 16.5 Å². The van der Waals surface area contributed by atoms with Crippen molar-refractivity contribution < 1.29 is 27.6 Å². The van der Waals surface area contributed by atoms with Gasteiger partial charge in [0, 0.05) is 17.1 Å². The van der Waals surface area contributed by atoms with Crippen LogP contribution in [0.15, 0.2) is 75.8 Å². The molecule has 0 unspecified atom stereocenters. The third-order valence-corrected chi connectivity index (χ3v) is 7.22. The number of azo groups is 1. The van der Waals surface area contributed by atoms with Crippen molar-refractivity contribution in [1.82, 2.24) is 0 Å². The smallest absolute Gasteiger partial charge is 0.296 e. The highest BCUT2D eigenvalue weighted by atomic mass is 35.5. The quantitative estimate of drug-likeness (QED) is 0.142. The molecule has 0 aromatic heterocycles. The summed E-state index contributed by atoms with van der Waals surface area (Å²) in [4.78, 5) is 12.7. The molecule has 0 spiro atoms. The average molecular weight is 588 g/mol. The Morgan fingerprint density at radius 2 is 1.69 bits per heavy atom. The zero-order valence-corrected chi connectivity index (χ0v) is 23.1. The van der Waals surface area contributed by atoms with Crippen LogP contribution in [0.4, 0.5) is 17.1 Å². The predicted molar refractivity (Wildman–Crippen MR) is 151 cm³/mol. The van der Waals surface area contributed by atoms with Crippen LogP contribution < -0.4 is 10.1 Å². The number of hydrogen-bond acceptors (Lipinski definition) is 7. The topological polar surface area (TPSA) is 138 Å². The highest BCUT2D eigenvalue weighted by Gasteiger charge is 2.22. The largest absolute Gasteiger partial charge is 0.505 e. The number of carbonyl (C=O) groups is 1. The van der Waals surface area contributed by atoms with E-state index in [1.54, 1.807) is 56.3 Å². The minimum Gasteiger partial charge on any atom is -0.505 e. The van der Waals surface area contributed by atoms with Crippen molar-refractivity contribution in [2.24, 2.45) is 10.2 Å². The molecule has 0 bridgehead atoms. The first-order valence-corrected chi connectivity index (χ1v) is 13.9. The van der Waals surface area contributed by atoms with Gasteiger partial charge in [-0.2, -0.15) is 8.42 Å². The number of nitrogens with one attached hydrogen (secondary N) is 1. The van der Waals surface area contributed by atoms with E-state index in [0.717, 1.165) is 0 Å². The molecule has 39 heavy (non-hydrogen) atoms. The first-order chi connectivity index (χ1) is 18.5. The Labute approximate surface area is 234 Å². The standard InChI is InChI=1S/C27H23Cl2N3O6S/c1-3-15-11-21(29)25(23(12-15)39(35,36)37)32-31-24-18-8-6-5-7-16(18)13-19(26(24)33)27(34)30-17-9-10-20(28)22(14-17)38-4-2/h5-14,33H,3-4H2,1-2H3,(H,30,34)(H,35,36,37). The third kappa shape index (κ3) is 6.15. The molecule has 0 atom stereocenters. The predicted octanol–water partition coefficient (Wildman–Crippen LogP) is 7.73. The lowest BCUT2D eigenvalue weighted by Gasteiger charge is -2.13. The Morgan fingerprint density at radius 3 is 2.38 bits per heavy atom. The molecule has 0 heterocycles. The van der Waals surface area contributed by atoms with E-state index in [4.69, 9.17) is 27.9 Å². The summed E-state index contributed by atoms with van der Waals surface area (Å²) in [7, 11) is -4.70. The summed E-state index contributed by atoms with van der Waals surface area (Å²) in [5.41, 5.74) is 0.427. The van der Waals surface area contributed by atoms with Crippen LogP contribution in [0, 0.1) is 0 Å². The lowest BCUT2D eigenvalue weighted by Crippen LogP contribution is -2.12. The molecule has 0 aliphatic heterocycles. The second-order valence-corrected chi connectivity index (χ2v) is 10.5. The van der Waals surface area contributed by atoms with Gasteiger partial charge in [0.25, 0.3) is 16.0 Å². The fourth-order valence-electron chi connectivity index (χ4n) is 3.86. The summed E-state index contributed by atoms with van der Waals surface area (Å²) in [5, 5.41) is 23.2. The number of phenolic OH excluding ortho intramolecular Hbond substituents is 1. The number of benzene rings is 4. The first kappa shape index (κ1) is 28.3. The summed E-state index contributed by atoms with van der Waals surface area (Å²) in [6.45, 7) is 3.97. The fraction of sp³-hybridized carbons (Fsp3) is 0.148. The zero-order valence-electron chi connectivity index (χ0n) is 20.8. The number of carbonyl (C=O) groups excluding carboxylic acids is 1. The third-order valence-electron chi connectivity index (χ3n) is 5.75. The van der Waals surface area contributed by atoms with Gasteiger partial charge in [-0.3, -0.25) is 9.35 Å². The monoisotopic (exact) mass is 587 g/mol. The molecular formula is C27H23Cl2N3O6S. The molecule has 0 saturated heterocycles. The van der Waals surface area contributed by atoms with Crippen LogP contribution in [0.2, 0.25) is 10.0 Å². The van der Waals surface area contributed by atoms with Gasteiger partial charge < -0.3 is 15.2 Å². The Kier molecular flexibility index (Phi) is 8.41. The van der Waals surface area contributed by atoms with E-state index in [9.17, 15) is 22.9 Å². The number of rotatable bonds is 8. The average Bonchev–Trinajstić information content (AvgIpc) is 2.89. The summed E-state index contributed by atoms with van der Waals surface area (Å²) >= 11 is 12.4. The molecule has 4 rings (SSSR count). The summed E-state index contributed by atoms with van der Waals surface area (Å²) in [5.74, 6) is -0.762. The van der Waals surface area contributed by atoms with Crippen LogP contribution in [0.25, 0.3) is 10.8 Å². The van der Waals surface area contributed by atoms with Crippen LogP contribution in [-0.4, -0.2) is 30.6 Å². The van der Waals surface area contributed by atoms with Gasteiger partial charge in [-0.05, 0) is 54.6 Å². The molecule has 9 nitrogen and oxygen atoms in total. The molecule has 4 aromatic carbocycles. The van der Waals surface area contributed by atoms with E-state index >= 15 is 0 Å². The highest BCUT2D eigenvalue weighted by Crippen LogP contribution is 2.42. The SMILES string of the molecule is CCOc1cc(NC(=O)c2cc3ccccc3c(N=Nc3c(Cl)cc(CC)cc3S(=O)(=O)O)c2O)ccc1Cl. The van der Waals surface area contributed by atoms with Gasteiger partial charge in [-0.15, -0.1) is 10.2 Å². The van der Waals surface area contributed by atoms with E-state index in [0.29, 0.717) is 45.8 Å². The number of hydrogen-bond donors (Lipinski definition) is 3. The molecule has 4 aromatic rings. The lowest BCUT2D eigenvalue weighted by atomic mass is 10.0. The van der Waals surface area contributed by atoms with Gasteiger partial charge in [0.15, 0.2) is 5.75 Å². The second-order valence-electron chi connectivity index (χ2n) is 8.33. The van der Waals surface area contributed by atoms with Crippen molar-refractivity contribution in [3.8, 4) is 11.5 Å². The van der Waals surface area contributed by atoms with E-state index in [1.165, 1.54) is 18.2 Å². The fourth-order valence-corrected chi connectivity index (χ4v) is 5.07. The highest BCUT2D eigenvalue weighted by molar-refractivity contribution is 7.86. The van der Waals surface area contributed by atoms with Crippen LogP contribution in [0.5, 0.6) is 11.5 Å². The number of ether oxygens (including phenoxy) is 1. The Balaban J connectivity index is 1.81. The van der Waals surface area contributed by atoms with Gasteiger partial charge in [0.1, 0.15) is 22.0 Å². The second kappa shape index (κ2) is 11.6. The normalized spacial score (nSPS) is 11.7. The minimum atomic E-state index is -4.70. The molecule has 3 N–H and O–H groups in total. The maximum atomic E-state index is 13.2. The van der Waals surface area contributed by atoms with Crippen molar-refractivity contribution in [1.29, 1.82) is 0 Å². The van der Waals surface area contributed by atoms with E-state index in [-0.39, 0.29) is 22.0 Å². The maximum absolute atomic E-state index is 13.2. The first-order valence-electron chi connectivity index (χ1n) is 11.7. The molecular weight excluding hydrogens is 565 g/mol. The van der Waals surface area contributed by atoms with Gasteiger partial charge in [-0.1, -0.05) is 54.4 Å². The van der Waals surface area contributed by atoms with E-state index in [2.05, 4.69) is 15.5 Å².